The van der Waals surface area contributed by atoms with Crippen molar-refractivity contribution in [3.8, 4) is 5.88 Å². The lowest BCUT2D eigenvalue weighted by atomic mass is 9.95. The molecule has 1 aliphatic carbocycles. The van der Waals surface area contributed by atoms with Gasteiger partial charge in [-0.25, -0.2) is 0 Å². The molecule has 1 fully saturated rings. The van der Waals surface area contributed by atoms with Crippen LogP contribution in [0.4, 0.5) is 11.5 Å². The van der Waals surface area contributed by atoms with Crippen LogP contribution in [0, 0.1) is 0 Å². The molecule has 0 unspecified atom stereocenters. The van der Waals surface area contributed by atoms with Gasteiger partial charge in [0.25, 0.3) is 0 Å². The molecule has 19 heavy (non-hydrogen) atoms. The molecule has 0 saturated heterocycles. The summed E-state index contributed by atoms with van der Waals surface area (Å²) >= 11 is 0. The lowest BCUT2D eigenvalue weighted by Gasteiger charge is -2.25. The topological polar surface area (TPSA) is 46.2 Å². The Kier molecular flexibility index (Phi) is 4.88. The highest BCUT2D eigenvalue weighted by atomic mass is 16.5. The van der Waals surface area contributed by atoms with E-state index in [1.807, 2.05) is 6.07 Å². The first-order valence-electron chi connectivity index (χ1n) is 7.27. The van der Waals surface area contributed by atoms with Gasteiger partial charge in [0.2, 0.25) is 5.88 Å². The summed E-state index contributed by atoms with van der Waals surface area (Å²) in [6.07, 6.45) is 6.54. The van der Waals surface area contributed by atoms with Gasteiger partial charge in [-0.2, -0.15) is 4.98 Å². The Morgan fingerprint density at radius 3 is 2.58 bits per heavy atom. The van der Waals surface area contributed by atoms with Crippen molar-refractivity contribution in [2.75, 3.05) is 17.7 Å². The molecular formula is C15H25N3O. The van der Waals surface area contributed by atoms with Crippen molar-refractivity contribution in [2.24, 2.45) is 0 Å². The third-order valence-electron chi connectivity index (χ3n) is 3.47. The molecule has 1 aliphatic rings. The largest absolute Gasteiger partial charge is 0.481 e. The summed E-state index contributed by atoms with van der Waals surface area (Å²) in [6.45, 7) is 4.23. The van der Waals surface area contributed by atoms with E-state index in [9.17, 15) is 0 Å². The SMILES string of the molecule is COc1ccc(NC2CCCCC2)c(NC(C)C)n1. The molecule has 0 aliphatic heterocycles. The number of pyridine rings is 1. The Bertz CT molecular complexity index is 400. The highest BCUT2D eigenvalue weighted by Gasteiger charge is 2.15. The number of hydrogen-bond donors (Lipinski definition) is 2. The van der Waals surface area contributed by atoms with E-state index in [1.54, 1.807) is 7.11 Å². The van der Waals surface area contributed by atoms with Gasteiger partial charge in [0.1, 0.15) is 0 Å². The minimum Gasteiger partial charge on any atom is -0.481 e. The number of ether oxygens (including phenoxy) is 1. The van der Waals surface area contributed by atoms with E-state index < -0.39 is 0 Å². The molecule has 1 heterocycles. The zero-order chi connectivity index (χ0) is 13.7. The molecule has 0 amide bonds. The summed E-state index contributed by atoms with van der Waals surface area (Å²) in [6, 6.07) is 4.91. The molecule has 2 rings (SSSR count). The van der Waals surface area contributed by atoms with Gasteiger partial charge in [0.05, 0.1) is 12.8 Å². The van der Waals surface area contributed by atoms with Gasteiger partial charge < -0.3 is 15.4 Å². The smallest absolute Gasteiger partial charge is 0.215 e. The highest BCUT2D eigenvalue weighted by Crippen LogP contribution is 2.27. The monoisotopic (exact) mass is 263 g/mol. The zero-order valence-electron chi connectivity index (χ0n) is 12.2. The predicted molar refractivity (Wildman–Crippen MR) is 80.0 cm³/mol. The quantitative estimate of drug-likeness (QED) is 0.851. The Hall–Kier alpha value is -1.45. The molecule has 0 spiro atoms. The van der Waals surface area contributed by atoms with Crippen molar-refractivity contribution in [3.05, 3.63) is 12.1 Å². The van der Waals surface area contributed by atoms with E-state index in [4.69, 9.17) is 4.74 Å². The van der Waals surface area contributed by atoms with Crippen molar-refractivity contribution < 1.29 is 4.74 Å². The fraction of sp³-hybridized carbons (Fsp3) is 0.667. The fourth-order valence-corrected chi connectivity index (χ4v) is 2.52. The van der Waals surface area contributed by atoms with Crippen LogP contribution in [0.2, 0.25) is 0 Å². The summed E-state index contributed by atoms with van der Waals surface area (Å²) in [5.41, 5.74) is 1.08. The van der Waals surface area contributed by atoms with Crippen LogP contribution in [0.5, 0.6) is 5.88 Å². The van der Waals surface area contributed by atoms with Crippen LogP contribution < -0.4 is 15.4 Å². The van der Waals surface area contributed by atoms with Gasteiger partial charge in [-0.15, -0.1) is 0 Å². The normalized spacial score (nSPS) is 16.4. The molecule has 1 aromatic rings. The van der Waals surface area contributed by atoms with Gasteiger partial charge in [-0.1, -0.05) is 19.3 Å². The Morgan fingerprint density at radius 1 is 1.21 bits per heavy atom. The molecule has 0 radical (unpaired) electrons. The maximum absolute atomic E-state index is 5.20. The number of aromatic nitrogens is 1. The average Bonchev–Trinajstić information content (AvgIpc) is 2.41. The van der Waals surface area contributed by atoms with E-state index in [-0.39, 0.29) is 0 Å². The standard InChI is InChI=1S/C15H25N3O/c1-11(2)16-15-13(9-10-14(18-15)19-3)17-12-7-5-4-6-8-12/h9-12,17H,4-8H2,1-3H3,(H,16,18). The van der Waals surface area contributed by atoms with Gasteiger partial charge in [0, 0.05) is 18.2 Å². The summed E-state index contributed by atoms with van der Waals surface area (Å²) < 4.78 is 5.20. The fourth-order valence-electron chi connectivity index (χ4n) is 2.52. The van der Waals surface area contributed by atoms with E-state index in [0.29, 0.717) is 18.0 Å². The number of methoxy groups -OCH3 is 1. The van der Waals surface area contributed by atoms with Crippen LogP contribution >= 0.6 is 0 Å². The number of hydrogen-bond acceptors (Lipinski definition) is 4. The summed E-state index contributed by atoms with van der Waals surface area (Å²) in [5, 5.41) is 7.01. The summed E-state index contributed by atoms with van der Waals surface area (Å²) in [4.78, 5) is 4.50. The van der Waals surface area contributed by atoms with Crippen LogP contribution in [0.3, 0.4) is 0 Å². The first kappa shape index (κ1) is 14.0. The van der Waals surface area contributed by atoms with Gasteiger partial charge in [0.15, 0.2) is 5.82 Å². The second-order valence-corrected chi connectivity index (χ2v) is 5.53. The third-order valence-corrected chi connectivity index (χ3v) is 3.47. The van der Waals surface area contributed by atoms with Gasteiger partial charge in [-0.3, -0.25) is 0 Å². The van der Waals surface area contributed by atoms with E-state index in [2.05, 4.69) is 35.5 Å². The Morgan fingerprint density at radius 2 is 1.95 bits per heavy atom. The first-order valence-corrected chi connectivity index (χ1v) is 7.27. The van der Waals surface area contributed by atoms with E-state index >= 15 is 0 Å². The molecule has 0 atom stereocenters. The molecule has 0 bridgehead atoms. The lowest BCUT2D eigenvalue weighted by Crippen LogP contribution is -2.23. The van der Waals surface area contributed by atoms with Crippen molar-refractivity contribution >= 4 is 11.5 Å². The number of nitrogens with one attached hydrogen (secondary N) is 2. The van der Waals surface area contributed by atoms with E-state index in [0.717, 1.165) is 11.5 Å². The Labute approximate surface area is 116 Å². The summed E-state index contributed by atoms with van der Waals surface area (Å²) in [5.74, 6) is 1.54. The van der Waals surface area contributed by atoms with Crippen molar-refractivity contribution in [3.63, 3.8) is 0 Å². The summed E-state index contributed by atoms with van der Waals surface area (Å²) in [7, 11) is 1.65. The third kappa shape index (κ3) is 4.01. The first-order chi connectivity index (χ1) is 9.19. The molecule has 1 aromatic heterocycles. The van der Waals surface area contributed by atoms with Gasteiger partial charge >= 0.3 is 0 Å². The van der Waals surface area contributed by atoms with Crippen molar-refractivity contribution in [2.45, 2.75) is 58.0 Å². The minimum absolute atomic E-state index is 0.353. The zero-order valence-corrected chi connectivity index (χ0v) is 12.2. The highest BCUT2D eigenvalue weighted by molar-refractivity contribution is 5.65. The predicted octanol–water partition coefficient (Wildman–Crippen LogP) is 3.66. The molecule has 0 aromatic carbocycles. The number of nitrogens with zero attached hydrogens (tertiary/aromatic N) is 1. The second-order valence-electron chi connectivity index (χ2n) is 5.53. The molecule has 2 N–H and O–H groups in total. The van der Waals surface area contributed by atoms with Crippen LogP contribution in [0.1, 0.15) is 46.0 Å². The molecule has 106 valence electrons. The second kappa shape index (κ2) is 6.64. The maximum atomic E-state index is 5.20. The van der Waals surface area contributed by atoms with Crippen LogP contribution in [-0.2, 0) is 0 Å². The molecule has 1 saturated carbocycles. The van der Waals surface area contributed by atoms with Gasteiger partial charge in [-0.05, 0) is 32.8 Å². The molecular weight excluding hydrogens is 238 g/mol. The lowest BCUT2D eigenvalue weighted by molar-refractivity contribution is 0.398. The number of rotatable bonds is 5. The van der Waals surface area contributed by atoms with Crippen LogP contribution in [-0.4, -0.2) is 24.2 Å². The average molecular weight is 263 g/mol. The van der Waals surface area contributed by atoms with Crippen LogP contribution in [0.15, 0.2) is 12.1 Å². The minimum atomic E-state index is 0.353. The van der Waals surface area contributed by atoms with Crippen molar-refractivity contribution in [1.82, 2.24) is 4.98 Å². The Balaban J connectivity index is 2.12. The number of anilines is 2. The maximum Gasteiger partial charge on any atom is 0.215 e. The molecule has 4 heteroatoms. The van der Waals surface area contributed by atoms with E-state index in [1.165, 1.54) is 32.1 Å². The van der Waals surface area contributed by atoms with Crippen LogP contribution in [0.25, 0.3) is 0 Å². The molecule has 4 nitrogen and oxygen atoms in total. The van der Waals surface area contributed by atoms with Crippen molar-refractivity contribution in [1.29, 1.82) is 0 Å².